The van der Waals surface area contributed by atoms with Gasteiger partial charge in [-0.2, -0.15) is 0 Å². The second kappa shape index (κ2) is 5.99. The summed E-state index contributed by atoms with van der Waals surface area (Å²) in [6, 6.07) is 0. The van der Waals surface area contributed by atoms with Crippen LogP contribution in [-0.4, -0.2) is 37.5 Å². The smallest absolute Gasteiger partial charge is 0.343 e. The van der Waals surface area contributed by atoms with E-state index >= 15 is 0 Å². The largest absolute Gasteiger partial charge is 0.506 e. The van der Waals surface area contributed by atoms with Gasteiger partial charge in [-0.25, -0.2) is 4.79 Å². The minimum Gasteiger partial charge on any atom is -0.506 e. The van der Waals surface area contributed by atoms with Crippen LogP contribution >= 0.6 is 0 Å². The molecule has 0 bridgehead atoms. The highest BCUT2D eigenvalue weighted by Gasteiger charge is 2.29. The van der Waals surface area contributed by atoms with Crippen LogP contribution in [0.4, 0.5) is 0 Å². The van der Waals surface area contributed by atoms with Crippen molar-refractivity contribution < 1.29 is 29.2 Å². The summed E-state index contributed by atoms with van der Waals surface area (Å²) in [4.78, 5) is 11.3. The Labute approximate surface area is 110 Å². The standard InChI is InChI=1S/C13H16O6/c1-5-6-7-9(14)8(13(15)16)11(18-3)12(19-4)10(7)17-2/h5,14H,1,6H2,2-4H3,(H,15,16). The van der Waals surface area contributed by atoms with Crippen LogP contribution in [-0.2, 0) is 6.42 Å². The Morgan fingerprint density at radius 2 is 1.68 bits per heavy atom. The molecule has 6 nitrogen and oxygen atoms in total. The molecule has 0 saturated heterocycles. The van der Waals surface area contributed by atoms with Crippen molar-refractivity contribution in [3.63, 3.8) is 0 Å². The molecular formula is C13H16O6. The number of carboxylic acid groups (broad SMARTS) is 1. The first kappa shape index (κ1) is 14.7. The monoisotopic (exact) mass is 268 g/mol. The molecule has 2 N–H and O–H groups in total. The van der Waals surface area contributed by atoms with Crippen molar-refractivity contribution in [2.75, 3.05) is 21.3 Å². The molecule has 6 heteroatoms. The molecule has 104 valence electrons. The summed E-state index contributed by atoms with van der Waals surface area (Å²) in [5.74, 6) is -1.47. The van der Waals surface area contributed by atoms with Crippen LogP contribution in [0.5, 0.6) is 23.0 Å². The van der Waals surface area contributed by atoms with Gasteiger partial charge in [0.05, 0.1) is 21.3 Å². The minimum absolute atomic E-state index is 0.0860. The van der Waals surface area contributed by atoms with E-state index in [9.17, 15) is 15.0 Å². The van der Waals surface area contributed by atoms with E-state index in [1.807, 2.05) is 0 Å². The Kier molecular flexibility index (Phi) is 4.63. The summed E-state index contributed by atoms with van der Waals surface area (Å²) in [6.45, 7) is 3.56. The second-order valence-electron chi connectivity index (χ2n) is 3.60. The molecule has 0 aromatic heterocycles. The van der Waals surface area contributed by atoms with Gasteiger partial charge in [0.1, 0.15) is 11.3 Å². The van der Waals surface area contributed by atoms with Crippen molar-refractivity contribution >= 4 is 5.97 Å². The van der Waals surface area contributed by atoms with Crippen LogP contribution in [0.2, 0.25) is 0 Å². The average molecular weight is 268 g/mol. The zero-order valence-corrected chi connectivity index (χ0v) is 11.0. The normalized spacial score (nSPS) is 9.84. The van der Waals surface area contributed by atoms with Crippen LogP contribution in [0.25, 0.3) is 0 Å². The first-order chi connectivity index (χ1) is 9.03. The molecule has 0 spiro atoms. The molecule has 0 atom stereocenters. The fourth-order valence-corrected chi connectivity index (χ4v) is 1.85. The van der Waals surface area contributed by atoms with E-state index in [0.717, 1.165) is 0 Å². The molecule has 0 amide bonds. The van der Waals surface area contributed by atoms with Crippen LogP contribution < -0.4 is 14.2 Å². The zero-order chi connectivity index (χ0) is 14.6. The summed E-state index contributed by atoms with van der Waals surface area (Å²) >= 11 is 0. The van der Waals surface area contributed by atoms with Gasteiger partial charge in [-0.05, 0) is 6.42 Å². The van der Waals surface area contributed by atoms with E-state index in [-0.39, 0.29) is 34.8 Å². The molecular weight excluding hydrogens is 252 g/mol. The molecule has 0 radical (unpaired) electrons. The predicted octanol–water partition coefficient (Wildman–Crippen LogP) is 1.84. The maximum atomic E-state index is 11.3. The molecule has 0 aliphatic carbocycles. The summed E-state index contributed by atoms with van der Waals surface area (Å²) in [6.07, 6.45) is 1.75. The van der Waals surface area contributed by atoms with Crippen LogP contribution in [0.3, 0.4) is 0 Å². The van der Waals surface area contributed by atoms with Gasteiger partial charge in [-0.15, -0.1) is 6.58 Å². The Hall–Kier alpha value is -2.37. The number of carbonyl (C=O) groups is 1. The topological polar surface area (TPSA) is 85.2 Å². The van der Waals surface area contributed by atoms with Gasteiger partial charge in [0.15, 0.2) is 11.5 Å². The van der Waals surface area contributed by atoms with Gasteiger partial charge in [-0.3, -0.25) is 0 Å². The third-order valence-electron chi connectivity index (χ3n) is 2.61. The number of phenols is 1. The van der Waals surface area contributed by atoms with Crippen LogP contribution in [0.15, 0.2) is 12.7 Å². The lowest BCUT2D eigenvalue weighted by molar-refractivity contribution is 0.0688. The first-order valence-corrected chi connectivity index (χ1v) is 5.41. The van der Waals surface area contributed by atoms with Crippen molar-refractivity contribution in [2.24, 2.45) is 0 Å². The summed E-state index contributed by atoms with van der Waals surface area (Å²) in [5.41, 5.74) is -0.0791. The molecule has 0 heterocycles. The van der Waals surface area contributed by atoms with Crippen molar-refractivity contribution in [2.45, 2.75) is 6.42 Å². The zero-order valence-electron chi connectivity index (χ0n) is 11.0. The minimum atomic E-state index is -1.32. The number of hydrogen-bond acceptors (Lipinski definition) is 5. The number of aromatic hydroxyl groups is 1. The van der Waals surface area contributed by atoms with Gasteiger partial charge in [0, 0.05) is 5.56 Å². The second-order valence-corrected chi connectivity index (χ2v) is 3.60. The third-order valence-corrected chi connectivity index (χ3v) is 2.61. The lowest BCUT2D eigenvalue weighted by atomic mass is 10.0. The number of allylic oxidation sites excluding steroid dienone is 1. The van der Waals surface area contributed by atoms with Crippen molar-refractivity contribution in [3.05, 3.63) is 23.8 Å². The van der Waals surface area contributed by atoms with E-state index in [2.05, 4.69) is 6.58 Å². The molecule has 0 aliphatic rings. The summed E-state index contributed by atoms with van der Waals surface area (Å²) in [5, 5.41) is 19.3. The molecule has 0 aliphatic heterocycles. The average Bonchev–Trinajstić information content (AvgIpc) is 2.39. The van der Waals surface area contributed by atoms with E-state index in [0.29, 0.717) is 0 Å². The highest BCUT2D eigenvalue weighted by molar-refractivity contribution is 5.97. The van der Waals surface area contributed by atoms with Crippen LogP contribution in [0.1, 0.15) is 15.9 Å². The SMILES string of the molecule is C=CCc1c(O)c(C(=O)O)c(OC)c(OC)c1OC. The molecule has 1 rings (SSSR count). The Bertz CT molecular complexity index is 507. The third kappa shape index (κ3) is 2.42. The maximum Gasteiger partial charge on any atom is 0.343 e. The van der Waals surface area contributed by atoms with Crippen LogP contribution in [0, 0.1) is 0 Å². The lowest BCUT2D eigenvalue weighted by Crippen LogP contribution is -2.07. The fraction of sp³-hybridized carbons (Fsp3) is 0.308. The van der Waals surface area contributed by atoms with E-state index in [4.69, 9.17) is 14.2 Å². The quantitative estimate of drug-likeness (QED) is 0.766. The van der Waals surface area contributed by atoms with Crippen molar-refractivity contribution in [1.29, 1.82) is 0 Å². The maximum absolute atomic E-state index is 11.3. The number of rotatable bonds is 6. The van der Waals surface area contributed by atoms with Gasteiger partial charge >= 0.3 is 5.97 Å². The number of aromatic carboxylic acids is 1. The van der Waals surface area contributed by atoms with Crippen molar-refractivity contribution in [3.8, 4) is 23.0 Å². The van der Waals surface area contributed by atoms with E-state index in [1.54, 1.807) is 0 Å². The van der Waals surface area contributed by atoms with Gasteiger partial charge < -0.3 is 24.4 Å². The van der Waals surface area contributed by atoms with Gasteiger partial charge in [0.25, 0.3) is 0 Å². The number of hydrogen-bond donors (Lipinski definition) is 2. The highest BCUT2D eigenvalue weighted by atomic mass is 16.5. The first-order valence-electron chi connectivity index (χ1n) is 5.41. The molecule has 0 fully saturated rings. The lowest BCUT2D eigenvalue weighted by Gasteiger charge is -2.19. The number of methoxy groups -OCH3 is 3. The molecule has 1 aromatic rings. The predicted molar refractivity (Wildman–Crippen MR) is 68.6 cm³/mol. The van der Waals surface area contributed by atoms with Gasteiger partial charge in [-0.1, -0.05) is 6.08 Å². The number of ether oxygens (including phenoxy) is 3. The number of carboxylic acids is 1. The molecule has 1 aromatic carbocycles. The molecule has 19 heavy (non-hydrogen) atoms. The number of benzene rings is 1. The molecule has 0 saturated carbocycles. The summed E-state index contributed by atoms with van der Waals surface area (Å²) < 4.78 is 15.3. The Morgan fingerprint density at radius 3 is 2.05 bits per heavy atom. The Balaban J connectivity index is 3.79. The Morgan fingerprint density at radius 1 is 1.16 bits per heavy atom. The van der Waals surface area contributed by atoms with Gasteiger partial charge in [0.2, 0.25) is 5.75 Å². The van der Waals surface area contributed by atoms with E-state index < -0.39 is 11.7 Å². The molecule has 0 unspecified atom stereocenters. The fourth-order valence-electron chi connectivity index (χ4n) is 1.85. The van der Waals surface area contributed by atoms with Crippen molar-refractivity contribution in [1.82, 2.24) is 0 Å². The summed E-state index contributed by atoms with van der Waals surface area (Å²) in [7, 11) is 4.04. The highest BCUT2D eigenvalue weighted by Crippen LogP contribution is 2.48. The van der Waals surface area contributed by atoms with E-state index in [1.165, 1.54) is 27.4 Å².